The fraction of sp³-hybridized carbons (Fsp3) is 0.385. The van der Waals surface area contributed by atoms with Gasteiger partial charge in [0.05, 0.1) is 18.1 Å². The van der Waals surface area contributed by atoms with Gasteiger partial charge in [-0.1, -0.05) is 30.3 Å². The minimum atomic E-state index is -0.173. The Hall–Kier alpha value is -2.73. The Morgan fingerprint density at radius 1 is 1.06 bits per heavy atom. The summed E-state index contributed by atoms with van der Waals surface area (Å²) < 4.78 is 11.4. The van der Waals surface area contributed by atoms with E-state index >= 15 is 0 Å². The molecule has 168 valence electrons. The minimum absolute atomic E-state index is 0.173. The molecule has 2 aromatic carbocycles. The van der Waals surface area contributed by atoms with E-state index in [0.717, 1.165) is 54.6 Å². The maximum atomic E-state index is 12.6. The van der Waals surface area contributed by atoms with Crippen molar-refractivity contribution in [3.8, 4) is 11.5 Å². The van der Waals surface area contributed by atoms with E-state index in [2.05, 4.69) is 40.2 Å². The normalized spacial score (nSPS) is 18.2. The molecule has 0 aliphatic carbocycles. The summed E-state index contributed by atoms with van der Waals surface area (Å²) in [6, 6.07) is 16.4. The zero-order valence-electron chi connectivity index (χ0n) is 18.8. The maximum absolute atomic E-state index is 12.6. The van der Waals surface area contributed by atoms with E-state index in [9.17, 15) is 4.79 Å². The first-order valence-electron chi connectivity index (χ1n) is 11.4. The third-order valence-corrected chi connectivity index (χ3v) is 6.79. The highest BCUT2D eigenvalue weighted by molar-refractivity contribution is 8.18. The van der Waals surface area contributed by atoms with Gasteiger partial charge in [-0.25, -0.2) is 0 Å². The molecular formula is C26H30N2O3S. The van der Waals surface area contributed by atoms with Crippen LogP contribution in [-0.2, 0) is 11.2 Å². The number of amidine groups is 1. The van der Waals surface area contributed by atoms with Crippen LogP contribution in [0.1, 0.15) is 37.8 Å². The summed E-state index contributed by atoms with van der Waals surface area (Å²) in [5.74, 6) is 1.99. The lowest BCUT2D eigenvalue weighted by atomic mass is 9.90. The number of hydrogen-bond acceptors (Lipinski definition) is 5. The van der Waals surface area contributed by atoms with Crippen molar-refractivity contribution >= 4 is 28.9 Å². The smallest absolute Gasteiger partial charge is 0.286 e. The van der Waals surface area contributed by atoms with E-state index < -0.39 is 0 Å². The van der Waals surface area contributed by atoms with Crippen molar-refractivity contribution in [2.45, 2.75) is 33.1 Å². The van der Waals surface area contributed by atoms with Gasteiger partial charge in [-0.05, 0) is 74.6 Å². The van der Waals surface area contributed by atoms with Crippen LogP contribution in [0.4, 0.5) is 0 Å². The minimum Gasteiger partial charge on any atom is -0.494 e. The Morgan fingerprint density at radius 3 is 2.53 bits per heavy atom. The molecule has 4 rings (SSSR count). The molecule has 1 amide bonds. The van der Waals surface area contributed by atoms with Gasteiger partial charge in [0, 0.05) is 24.7 Å². The van der Waals surface area contributed by atoms with Gasteiger partial charge in [-0.15, -0.1) is 0 Å². The molecule has 6 heteroatoms. The predicted molar refractivity (Wildman–Crippen MR) is 131 cm³/mol. The summed E-state index contributed by atoms with van der Waals surface area (Å²) in [5, 5.41) is 0.823. The summed E-state index contributed by atoms with van der Waals surface area (Å²) in [6.07, 6.45) is 5.24. The molecule has 1 fully saturated rings. The lowest BCUT2D eigenvalue weighted by molar-refractivity contribution is -0.113. The van der Waals surface area contributed by atoms with Crippen molar-refractivity contribution in [2.24, 2.45) is 10.9 Å². The number of likely N-dealkylation sites (tertiary alicyclic amines) is 1. The average Bonchev–Trinajstić information content (AvgIpc) is 3.17. The van der Waals surface area contributed by atoms with Crippen LogP contribution in [-0.4, -0.2) is 42.3 Å². The molecule has 2 aliphatic rings. The van der Waals surface area contributed by atoms with Crippen LogP contribution in [0.3, 0.4) is 0 Å². The van der Waals surface area contributed by atoms with Crippen LogP contribution in [0.25, 0.3) is 6.08 Å². The summed E-state index contributed by atoms with van der Waals surface area (Å²) >= 11 is 1.47. The highest BCUT2D eigenvalue weighted by atomic mass is 32.2. The van der Waals surface area contributed by atoms with Crippen molar-refractivity contribution in [3.05, 3.63) is 64.6 Å². The molecule has 32 heavy (non-hydrogen) atoms. The van der Waals surface area contributed by atoms with Gasteiger partial charge in [0.1, 0.15) is 11.5 Å². The fourth-order valence-corrected chi connectivity index (χ4v) is 5.08. The molecule has 0 bridgehead atoms. The molecule has 0 radical (unpaired) electrons. The fourth-order valence-electron chi connectivity index (χ4n) is 4.12. The molecule has 0 N–H and O–H groups in total. The second-order valence-electron chi connectivity index (χ2n) is 8.00. The maximum Gasteiger partial charge on any atom is 0.286 e. The third-order valence-electron chi connectivity index (χ3n) is 5.74. The Balaban J connectivity index is 1.39. The molecule has 2 aromatic rings. The Morgan fingerprint density at radius 2 is 1.81 bits per heavy atom. The van der Waals surface area contributed by atoms with Crippen LogP contribution < -0.4 is 9.47 Å². The number of piperidine rings is 1. The van der Waals surface area contributed by atoms with Crippen LogP contribution >= 0.6 is 11.8 Å². The molecule has 2 aliphatic heterocycles. The molecule has 0 saturated carbocycles. The number of carbonyl (C=O) groups is 1. The number of rotatable bonds is 7. The number of thioether (sulfide) groups is 1. The van der Waals surface area contributed by atoms with Crippen molar-refractivity contribution in [3.63, 3.8) is 0 Å². The predicted octanol–water partition coefficient (Wildman–Crippen LogP) is 5.41. The standard InChI is InChI=1S/C26H30N2O3S/c1-3-30-22-11-10-21(23(18-22)31-4-2)17-24-25(29)27-26(32-24)28-14-12-20(13-15-28)16-19-8-6-5-7-9-19/h5-11,17-18,20H,3-4,12-16H2,1-2H3/b24-17-. The average molecular weight is 451 g/mol. The molecule has 2 heterocycles. The Bertz CT molecular complexity index is 995. The number of amides is 1. The second-order valence-corrected chi connectivity index (χ2v) is 9.01. The number of ether oxygens (including phenoxy) is 2. The van der Waals surface area contributed by atoms with Crippen molar-refractivity contribution in [2.75, 3.05) is 26.3 Å². The second kappa shape index (κ2) is 10.7. The monoisotopic (exact) mass is 450 g/mol. The van der Waals surface area contributed by atoms with Crippen molar-refractivity contribution in [1.29, 1.82) is 0 Å². The first kappa shape index (κ1) is 22.5. The van der Waals surface area contributed by atoms with E-state index in [1.54, 1.807) is 0 Å². The van der Waals surface area contributed by atoms with E-state index in [0.29, 0.717) is 24.0 Å². The van der Waals surface area contributed by atoms with Gasteiger partial charge >= 0.3 is 0 Å². The van der Waals surface area contributed by atoms with Crippen molar-refractivity contribution < 1.29 is 14.3 Å². The quantitative estimate of drug-likeness (QED) is 0.528. The largest absolute Gasteiger partial charge is 0.494 e. The summed E-state index contributed by atoms with van der Waals surface area (Å²) in [7, 11) is 0. The number of carbonyl (C=O) groups excluding carboxylic acids is 1. The van der Waals surface area contributed by atoms with Gasteiger partial charge in [-0.3, -0.25) is 4.79 Å². The lowest BCUT2D eigenvalue weighted by Gasteiger charge is -2.32. The molecule has 0 spiro atoms. The molecule has 5 nitrogen and oxygen atoms in total. The third kappa shape index (κ3) is 5.54. The van der Waals surface area contributed by atoms with E-state index in [-0.39, 0.29) is 5.91 Å². The van der Waals surface area contributed by atoms with Crippen LogP contribution in [0, 0.1) is 5.92 Å². The molecular weight excluding hydrogens is 420 g/mol. The van der Waals surface area contributed by atoms with E-state index in [1.807, 2.05) is 38.1 Å². The van der Waals surface area contributed by atoms with Crippen molar-refractivity contribution in [1.82, 2.24) is 4.90 Å². The number of benzene rings is 2. The summed E-state index contributed by atoms with van der Waals surface area (Å²) in [6.45, 7) is 6.93. The molecule has 0 unspecified atom stereocenters. The highest BCUT2D eigenvalue weighted by Gasteiger charge is 2.29. The van der Waals surface area contributed by atoms with Gasteiger partial charge in [0.25, 0.3) is 5.91 Å². The van der Waals surface area contributed by atoms with Gasteiger partial charge < -0.3 is 14.4 Å². The van der Waals surface area contributed by atoms with Gasteiger partial charge in [-0.2, -0.15) is 4.99 Å². The Kier molecular flexibility index (Phi) is 7.53. The molecule has 0 aromatic heterocycles. The molecule has 0 atom stereocenters. The van der Waals surface area contributed by atoms with Crippen LogP contribution in [0.5, 0.6) is 11.5 Å². The SMILES string of the molecule is CCOc1ccc(/C=C2\SC(N3CCC(Cc4ccccc4)CC3)=NC2=O)c(OCC)c1. The zero-order valence-corrected chi connectivity index (χ0v) is 19.6. The summed E-state index contributed by atoms with van der Waals surface area (Å²) in [5.41, 5.74) is 2.27. The summed E-state index contributed by atoms with van der Waals surface area (Å²) in [4.78, 5) is 19.9. The lowest BCUT2D eigenvalue weighted by Crippen LogP contribution is -2.37. The van der Waals surface area contributed by atoms with Crippen LogP contribution in [0.15, 0.2) is 58.4 Å². The zero-order chi connectivity index (χ0) is 22.3. The van der Waals surface area contributed by atoms with E-state index in [1.165, 1.54) is 17.3 Å². The first-order valence-corrected chi connectivity index (χ1v) is 12.2. The molecule has 1 saturated heterocycles. The van der Waals surface area contributed by atoms with Crippen LogP contribution in [0.2, 0.25) is 0 Å². The van der Waals surface area contributed by atoms with Gasteiger partial charge in [0.2, 0.25) is 0 Å². The topological polar surface area (TPSA) is 51.1 Å². The van der Waals surface area contributed by atoms with Gasteiger partial charge in [0.15, 0.2) is 5.17 Å². The first-order chi connectivity index (χ1) is 15.7. The number of hydrogen-bond donors (Lipinski definition) is 0. The number of aliphatic imine (C=N–C) groups is 1. The Labute approximate surface area is 194 Å². The highest BCUT2D eigenvalue weighted by Crippen LogP contribution is 2.35. The number of nitrogens with zero attached hydrogens (tertiary/aromatic N) is 2. The van der Waals surface area contributed by atoms with E-state index in [4.69, 9.17) is 9.47 Å².